The molecule has 27 heavy (non-hydrogen) atoms. The Kier molecular flexibility index (Phi) is 5.77. The zero-order valence-corrected chi connectivity index (χ0v) is 13.9. The van der Waals surface area contributed by atoms with Gasteiger partial charge in [-0.15, -0.1) is 0 Å². The molecule has 2 N–H and O–H groups in total. The second-order valence-corrected chi connectivity index (χ2v) is 5.13. The van der Waals surface area contributed by atoms with Crippen LogP contribution in [-0.2, 0) is 0 Å². The van der Waals surface area contributed by atoms with Crippen molar-refractivity contribution in [1.82, 2.24) is 20.8 Å². The number of pyridine rings is 2. The predicted molar refractivity (Wildman–Crippen MR) is 97.3 cm³/mol. The van der Waals surface area contributed by atoms with Gasteiger partial charge in [0.05, 0.1) is 12.4 Å². The van der Waals surface area contributed by atoms with Crippen LogP contribution < -0.4 is 10.9 Å². The number of nitrogens with zero attached hydrogens (tertiary/aromatic N) is 4. The molecule has 0 aromatic carbocycles. The highest BCUT2D eigenvalue weighted by molar-refractivity contribution is 5.96. The maximum absolute atomic E-state index is 12.0. The molecule has 2 amide bonds. The van der Waals surface area contributed by atoms with Crippen molar-refractivity contribution < 1.29 is 14.0 Å². The summed E-state index contributed by atoms with van der Waals surface area (Å²) in [5.74, 6) is -1.29. The number of carbonyl (C=O) groups is 2. The van der Waals surface area contributed by atoms with E-state index in [2.05, 4.69) is 31.0 Å². The van der Waals surface area contributed by atoms with Crippen LogP contribution in [0, 0.1) is 0 Å². The van der Waals surface area contributed by atoms with Crippen LogP contribution in [0.25, 0.3) is 0 Å². The van der Waals surface area contributed by atoms with Crippen LogP contribution in [0.15, 0.2) is 75.8 Å². The molecule has 0 aliphatic heterocycles. The predicted octanol–water partition coefficient (Wildman–Crippen LogP) is 1.60. The lowest BCUT2D eigenvalue weighted by atomic mass is 10.3. The molecule has 0 aliphatic rings. The fraction of sp³-hybridized carbons (Fsp3) is 0. The van der Waals surface area contributed by atoms with E-state index in [-0.39, 0.29) is 11.5 Å². The number of aromatic nitrogens is 2. The zero-order chi connectivity index (χ0) is 18.9. The number of furan rings is 1. The normalized spacial score (nSPS) is 11.0. The molecule has 3 aromatic rings. The van der Waals surface area contributed by atoms with Gasteiger partial charge in [0.25, 0.3) is 0 Å². The number of hydrazone groups is 2. The number of amides is 2. The van der Waals surface area contributed by atoms with Crippen LogP contribution in [0.4, 0.5) is 0 Å². The van der Waals surface area contributed by atoms with E-state index in [1.54, 1.807) is 49.1 Å². The molecule has 0 spiro atoms. The van der Waals surface area contributed by atoms with Gasteiger partial charge in [-0.25, -0.2) is 10.9 Å². The third kappa shape index (κ3) is 5.16. The van der Waals surface area contributed by atoms with E-state index in [0.29, 0.717) is 0 Å². The molecule has 0 saturated heterocycles. The molecule has 0 saturated carbocycles. The third-order valence-corrected chi connectivity index (χ3v) is 3.18. The maximum Gasteiger partial charge on any atom is 0.307 e. The van der Waals surface area contributed by atoms with E-state index in [9.17, 15) is 9.59 Å². The van der Waals surface area contributed by atoms with Crippen molar-refractivity contribution in [3.8, 4) is 0 Å². The number of hydrogen-bond donors (Lipinski definition) is 2. The first-order valence-corrected chi connectivity index (χ1v) is 7.79. The highest BCUT2D eigenvalue weighted by atomic mass is 16.4. The summed E-state index contributed by atoms with van der Waals surface area (Å²) in [7, 11) is 0. The largest absolute Gasteiger partial charge is 0.446 e. The van der Waals surface area contributed by atoms with Crippen molar-refractivity contribution in [3.63, 3.8) is 0 Å². The molecule has 0 fully saturated rings. The van der Waals surface area contributed by atoms with Gasteiger partial charge in [-0.05, 0) is 24.3 Å². The second-order valence-electron chi connectivity index (χ2n) is 5.13. The van der Waals surface area contributed by atoms with Crippen LogP contribution in [0.2, 0.25) is 0 Å². The highest BCUT2D eigenvalue weighted by Crippen LogP contribution is 2.07. The number of carbonyl (C=O) groups excluding carboxylic acids is 2. The first-order chi connectivity index (χ1) is 13.2. The number of hydrogen-bond acceptors (Lipinski definition) is 7. The Labute approximate surface area is 153 Å². The van der Waals surface area contributed by atoms with E-state index in [0.717, 1.165) is 11.1 Å². The van der Waals surface area contributed by atoms with E-state index in [4.69, 9.17) is 4.42 Å². The lowest BCUT2D eigenvalue weighted by Crippen LogP contribution is -2.18. The Morgan fingerprint density at radius 2 is 1.30 bits per heavy atom. The lowest BCUT2D eigenvalue weighted by molar-refractivity contribution is 0.0902. The van der Waals surface area contributed by atoms with Gasteiger partial charge >= 0.3 is 11.8 Å². The van der Waals surface area contributed by atoms with Gasteiger partial charge in [-0.3, -0.25) is 19.6 Å². The van der Waals surface area contributed by atoms with Gasteiger partial charge in [-0.1, -0.05) is 12.1 Å². The average molecular weight is 362 g/mol. The average Bonchev–Trinajstić information content (AvgIpc) is 3.20. The number of nitrogens with one attached hydrogen (secondary N) is 2. The number of rotatable bonds is 6. The van der Waals surface area contributed by atoms with Crippen molar-refractivity contribution in [3.05, 3.63) is 83.8 Å². The van der Waals surface area contributed by atoms with Crippen LogP contribution >= 0.6 is 0 Å². The van der Waals surface area contributed by atoms with E-state index in [1.165, 1.54) is 24.6 Å². The van der Waals surface area contributed by atoms with Gasteiger partial charge in [0, 0.05) is 35.9 Å². The van der Waals surface area contributed by atoms with Gasteiger partial charge in [-0.2, -0.15) is 10.2 Å². The Hall–Kier alpha value is -4.14. The Balaban J connectivity index is 1.54. The fourth-order valence-electron chi connectivity index (χ4n) is 1.93. The Morgan fingerprint density at radius 3 is 1.70 bits per heavy atom. The van der Waals surface area contributed by atoms with Crippen LogP contribution in [0.1, 0.15) is 32.2 Å². The van der Waals surface area contributed by atoms with Gasteiger partial charge in [0.1, 0.15) is 0 Å². The SMILES string of the molecule is O=C(N/N=C\c1cccnc1)c1ccc(C(=O)N/N=C\c2cccnc2)o1. The van der Waals surface area contributed by atoms with E-state index in [1.807, 2.05) is 0 Å². The van der Waals surface area contributed by atoms with Gasteiger partial charge in [0.2, 0.25) is 0 Å². The lowest BCUT2D eigenvalue weighted by Gasteiger charge is -1.97. The molecule has 3 heterocycles. The molecule has 0 atom stereocenters. The van der Waals surface area contributed by atoms with E-state index < -0.39 is 11.8 Å². The quantitative estimate of drug-likeness (QED) is 0.509. The summed E-state index contributed by atoms with van der Waals surface area (Å²) in [6.45, 7) is 0. The summed E-state index contributed by atoms with van der Waals surface area (Å²) < 4.78 is 5.22. The van der Waals surface area contributed by atoms with Crippen LogP contribution in [0.3, 0.4) is 0 Å². The van der Waals surface area contributed by atoms with E-state index >= 15 is 0 Å². The first-order valence-electron chi connectivity index (χ1n) is 7.79. The summed E-state index contributed by atoms with van der Waals surface area (Å²) in [4.78, 5) is 31.8. The molecular weight excluding hydrogens is 348 g/mol. The van der Waals surface area contributed by atoms with Gasteiger partial charge < -0.3 is 4.42 Å². The molecule has 0 unspecified atom stereocenters. The van der Waals surface area contributed by atoms with Crippen LogP contribution in [0.5, 0.6) is 0 Å². The topological polar surface area (TPSA) is 122 Å². The monoisotopic (exact) mass is 362 g/mol. The standard InChI is InChI=1S/C18H14N6O3/c25-17(23-21-11-13-3-1-7-19-9-13)15-5-6-16(27-15)18(26)24-22-12-14-4-2-8-20-10-14/h1-12H,(H,23,25)(H,24,26)/b21-11-,22-12-. The summed E-state index contributed by atoms with van der Waals surface area (Å²) >= 11 is 0. The van der Waals surface area contributed by atoms with Gasteiger partial charge in [0.15, 0.2) is 11.5 Å². The smallest absolute Gasteiger partial charge is 0.307 e. The molecule has 3 rings (SSSR count). The van der Waals surface area contributed by atoms with Crippen molar-refractivity contribution in [2.45, 2.75) is 0 Å². The molecule has 134 valence electrons. The highest BCUT2D eigenvalue weighted by Gasteiger charge is 2.15. The Bertz CT molecular complexity index is 889. The summed E-state index contributed by atoms with van der Waals surface area (Å²) in [6.07, 6.45) is 9.33. The molecule has 0 bridgehead atoms. The first kappa shape index (κ1) is 17.7. The maximum atomic E-state index is 12.0. The minimum absolute atomic E-state index is 0.0558. The van der Waals surface area contributed by atoms with Crippen molar-refractivity contribution in [2.24, 2.45) is 10.2 Å². The molecule has 9 nitrogen and oxygen atoms in total. The minimum atomic E-state index is -0.590. The molecule has 3 aromatic heterocycles. The summed E-state index contributed by atoms with van der Waals surface area (Å²) in [6, 6.07) is 9.80. The second kappa shape index (κ2) is 8.81. The van der Waals surface area contributed by atoms with Crippen molar-refractivity contribution in [2.75, 3.05) is 0 Å². The molecular formula is C18H14N6O3. The Morgan fingerprint density at radius 1 is 0.815 bits per heavy atom. The molecule has 9 heteroatoms. The third-order valence-electron chi connectivity index (χ3n) is 3.18. The minimum Gasteiger partial charge on any atom is -0.446 e. The summed E-state index contributed by atoms with van der Waals surface area (Å²) in [5.41, 5.74) is 6.06. The molecule has 0 aliphatic carbocycles. The molecule has 0 radical (unpaired) electrons. The summed E-state index contributed by atoms with van der Waals surface area (Å²) in [5, 5.41) is 7.60. The van der Waals surface area contributed by atoms with Crippen molar-refractivity contribution in [1.29, 1.82) is 0 Å². The fourth-order valence-corrected chi connectivity index (χ4v) is 1.93. The van der Waals surface area contributed by atoms with Crippen LogP contribution in [-0.4, -0.2) is 34.2 Å². The van der Waals surface area contributed by atoms with Crippen molar-refractivity contribution >= 4 is 24.2 Å². The zero-order valence-electron chi connectivity index (χ0n) is 13.9.